The quantitative estimate of drug-likeness (QED) is 0.236. The Morgan fingerprint density at radius 3 is 1.89 bits per heavy atom. The molecule has 0 aliphatic heterocycles. The summed E-state index contributed by atoms with van der Waals surface area (Å²) < 4.78 is 31.9. The Kier molecular flexibility index (Phi) is 4.53. The van der Waals surface area contributed by atoms with Crippen LogP contribution in [0.2, 0.25) is 0 Å². The van der Waals surface area contributed by atoms with Gasteiger partial charge in [-0.2, -0.15) is 0 Å². The fourth-order valence-corrected chi connectivity index (χ4v) is 0.0845. The Morgan fingerprint density at radius 2 is 1.89 bits per heavy atom. The summed E-state index contributed by atoms with van der Waals surface area (Å²) in [5, 5.41) is 6.96. The van der Waals surface area contributed by atoms with Crippen molar-refractivity contribution in [2.24, 2.45) is 0 Å². The van der Waals surface area contributed by atoms with Crippen molar-refractivity contribution in [1.29, 1.82) is 0 Å². The van der Waals surface area contributed by atoms with E-state index in [1.54, 1.807) is 0 Å². The van der Waals surface area contributed by atoms with Crippen LogP contribution in [-0.2, 0) is 4.84 Å². The minimum Gasteiger partial charge on any atom is -1.00 e. The first-order valence-electron chi connectivity index (χ1n) is 1.32. The second-order valence-corrected chi connectivity index (χ2v) is 0.761. The van der Waals surface area contributed by atoms with Gasteiger partial charge in [0.1, 0.15) is 0 Å². The van der Waals surface area contributed by atoms with Gasteiger partial charge < -0.3 is 1.43 Å². The van der Waals surface area contributed by atoms with Crippen LogP contribution in [0.15, 0.2) is 0 Å². The first kappa shape index (κ1) is 11.4. The molecule has 0 aromatic rings. The maximum atomic E-state index is 10.6. The average molecular weight is 139 g/mol. The van der Waals surface area contributed by atoms with Crippen molar-refractivity contribution < 1.29 is 43.4 Å². The molecule has 0 aliphatic carbocycles. The van der Waals surface area contributed by atoms with Crippen LogP contribution in [0.25, 0.3) is 0 Å². The fourth-order valence-electron chi connectivity index (χ4n) is 0.0845. The predicted octanol–water partition coefficient (Wildman–Crippen LogP) is -2.17. The van der Waals surface area contributed by atoms with E-state index in [4.69, 9.17) is 10.1 Å². The second kappa shape index (κ2) is 3.58. The van der Waals surface area contributed by atoms with Crippen LogP contribution in [0.1, 0.15) is 1.43 Å². The fraction of sp³-hybridized carbons (Fsp3) is 1.00. The molecule has 0 heterocycles. The van der Waals surface area contributed by atoms with Gasteiger partial charge in [-0.3, -0.25) is 0 Å². The number of hydrogen-bond acceptors (Lipinski definition) is 3. The summed E-state index contributed by atoms with van der Waals surface area (Å²) in [4.78, 5) is 11.0. The van der Waals surface area contributed by atoms with E-state index >= 15 is 0 Å². The van der Waals surface area contributed by atoms with Gasteiger partial charge in [0.05, 0.1) is 0 Å². The molecule has 0 radical (unpaired) electrons. The molecule has 50 valence electrons. The Hall–Kier alpha value is -0.413. The van der Waals surface area contributed by atoms with Crippen LogP contribution in [-0.4, -0.2) is 11.4 Å². The van der Waals surface area contributed by atoms with E-state index < -0.39 is 11.4 Å². The molecule has 8 heteroatoms. The molecule has 0 bridgehead atoms. The molecule has 0 saturated heterocycles. The third-order valence-electron chi connectivity index (χ3n) is 0.178. The van der Waals surface area contributed by atoms with Gasteiger partial charge >= 0.3 is 30.3 Å². The molecule has 0 aliphatic rings. The number of rotatable bonds is 1. The van der Waals surface area contributed by atoms with Gasteiger partial charge in [0.25, 0.3) is 0 Å². The van der Waals surface area contributed by atoms with Gasteiger partial charge in [0.15, 0.2) is 0 Å². The zero-order valence-electron chi connectivity index (χ0n) is 5.31. The summed E-state index contributed by atoms with van der Waals surface area (Å²) in [5.41, 5.74) is 0. The molecule has 9 heavy (non-hydrogen) atoms. The molecule has 0 N–H and O–H groups in total. The van der Waals surface area contributed by atoms with E-state index in [2.05, 4.69) is 4.84 Å². The van der Waals surface area contributed by atoms with Crippen LogP contribution in [0.3, 0.4) is 0 Å². The van der Waals surface area contributed by atoms with Gasteiger partial charge in [0, 0.05) is 0 Å². The minimum absolute atomic E-state index is 0. The van der Waals surface area contributed by atoms with Crippen LogP contribution >= 0.6 is 0 Å². The largest absolute Gasteiger partial charge is 1.00 e. The van der Waals surface area contributed by atoms with Crippen molar-refractivity contribution in [2.45, 2.75) is 6.36 Å². The Bertz CT molecular complexity index is 106. The number of nitrogens with zero attached hydrogens (tertiary/aromatic N) is 1. The zero-order valence-corrected chi connectivity index (χ0v) is 4.31. The van der Waals surface area contributed by atoms with Gasteiger partial charge in [-0.25, -0.2) is 4.84 Å². The van der Waals surface area contributed by atoms with Crippen LogP contribution in [0.4, 0.5) is 13.2 Å². The van der Waals surface area contributed by atoms with E-state index in [1.165, 1.54) is 0 Å². The Morgan fingerprint density at radius 1 is 1.56 bits per heavy atom. The summed E-state index contributed by atoms with van der Waals surface area (Å²) in [6.45, 7) is 0. The molecule has 0 fully saturated rings. The van der Waals surface area contributed by atoms with Crippen molar-refractivity contribution in [3.05, 3.63) is 10.1 Å². The normalized spacial score (nSPS) is 9.67. The summed E-state index contributed by atoms with van der Waals surface area (Å²) in [7, 11) is 0. The molecule has 0 amide bonds. The van der Waals surface area contributed by atoms with Gasteiger partial charge in [-0.15, -0.1) is 23.3 Å². The monoisotopic (exact) mass is 139 g/mol. The summed E-state index contributed by atoms with van der Waals surface area (Å²) in [5.74, 6) is 0. The Balaban J connectivity index is -0.000000245. The van der Waals surface area contributed by atoms with Crippen molar-refractivity contribution in [2.75, 3.05) is 0 Å². The zero-order chi connectivity index (χ0) is 6.78. The van der Waals surface area contributed by atoms with E-state index in [0.29, 0.717) is 0 Å². The van der Waals surface area contributed by atoms with Gasteiger partial charge in [0.2, 0.25) is 0 Å². The SMILES string of the molecule is O=[N+]([O-])OC(F)(F)F.[H-].[Li+]. The predicted molar refractivity (Wildman–Crippen MR) is 15.2 cm³/mol. The molecule has 0 aromatic carbocycles. The topological polar surface area (TPSA) is 52.4 Å². The third-order valence-corrected chi connectivity index (χ3v) is 0.178. The van der Waals surface area contributed by atoms with E-state index in [1.807, 2.05) is 0 Å². The summed E-state index contributed by atoms with van der Waals surface area (Å²) in [6.07, 6.45) is -5.18. The Labute approximate surface area is 60.7 Å². The maximum absolute atomic E-state index is 10.6. The van der Waals surface area contributed by atoms with Crippen molar-refractivity contribution >= 4 is 0 Å². The summed E-state index contributed by atoms with van der Waals surface area (Å²) >= 11 is 0. The standard InChI is InChI=1S/CF3NO3.Li.H/c2-1(3,4)8-5(6)7;;/q;+1;-1. The van der Waals surface area contributed by atoms with Crippen LogP contribution < -0.4 is 18.9 Å². The molecular weight excluding hydrogens is 138 g/mol. The molecule has 0 spiro atoms. The number of alkyl halides is 3. The minimum atomic E-state index is -5.18. The molecular formula is CHF3LiNO3. The molecule has 0 unspecified atom stereocenters. The first-order valence-corrected chi connectivity index (χ1v) is 1.32. The maximum Gasteiger partial charge on any atom is 1.00 e. The molecule has 0 aromatic heterocycles. The van der Waals surface area contributed by atoms with E-state index in [0.717, 1.165) is 0 Å². The van der Waals surface area contributed by atoms with Crippen molar-refractivity contribution in [1.82, 2.24) is 0 Å². The molecule has 4 nitrogen and oxygen atoms in total. The smallest absolute Gasteiger partial charge is 1.00 e. The number of halogens is 3. The molecule has 0 saturated carbocycles. The first-order chi connectivity index (χ1) is 3.42. The van der Waals surface area contributed by atoms with E-state index in [-0.39, 0.29) is 20.3 Å². The van der Waals surface area contributed by atoms with Gasteiger partial charge in [-0.1, -0.05) is 0 Å². The third kappa shape index (κ3) is 11.3. The van der Waals surface area contributed by atoms with Gasteiger partial charge in [-0.05, 0) is 0 Å². The van der Waals surface area contributed by atoms with Crippen LogP contribution in [0, 0.1) is 10.1 Å². The van der Waals surface area contributed by atoms with Crippen molar-refractivity contribution in [3.63, 3.8) is 0 Å². The number of hydrogen-bond donors (Lipinski definition) is 0. The average Bonchev–Trinajstić information content (AvgIpc) is 1.21. The van der Waals surface area contributed by atoms with E-state index in [9.17, 15) is 13.2 Å². The second-order valence-electron chi connectivity index (χ2n) is 0.761. The summed E-state index contributed by atoms with van der Waals surface area (Å²) in [6, 6.07) is 0. The van der Waals surface area contributed by atoms with Crippen LogP contribution in [0.5, 0.6) is 0 Å². The molecule has 0 rings (SSSR count). The van der Waals surface area contributed by atoms with Crippen molar-refractivity contribution in [3.8, 4) is 0 Å². The molecule has 0 atom stereocenters.